The van der Waals surface area contributed by atoms with Crippen molar-refractivity contribution < 1.29 is 14.2 Å². The quantitative estimate of drug-likeness (QED) is 0.815. The van der Waals surface area contributed by atoms with Gasteiger partial charge in [-0.2, -0.15) is 0 Å². The largest absolute Gasteiger partial charge is 0.491 e. The summed E-state index contributed by atoms with van der Waals surface area (Å²) in [4.78, 5) is 2.27. The van der Waals surface area contributed by atoms with Crippen LogP contribution in [0.15, 0.2) is 30.3 Å². The maximum atomic E-state index is 6.02. The first-order chi connectivity index (χ1) is 8.82. The lowest BCUT2D eigenvalue weighted by atomic mass is 10.3. The van der Waals surface area contributed by atoms with Crippen molar-refractivity contribution in [1.82, 2.24) is 4.90 Å². The molecule has 2 aliphatic rings. The Morgan fingerprint density at radius 1 is 1.39 bits per heavy atom. The van der Waals surface area contributed by atoms with Gasteiger partial charge in [0.2, 0.25) is 5.91 Å². The lowest BCUT2D eigenvalue weighted by Gasteiger charge is -2.27. The molecular formula is C14H19NO3. The molecule has 2 fully saturated rings. The Kier molecular flexibility index (Phi) is 3.24. The van der Waals surface area contributed by atoms with Gasteiger partial charge in [-0.25, -0.2) is 4.90 Å². The van der Waals surface area contributed by atoms with Crippen molar-refractivity contribution in [3.05, 3.63) is 30.3 Å². The smallest absolute Gasteiger partial charge is 0.230 e. The first-order valence-electron chi connectivity index (χ1n) is 6.57. The topological polar surface area (TPSA) is 30.9 Å². The molecule has 2 heterocycles. The van der Waals surface area contributed by atoms with Crippen molar-refractivity contribution in [1.29, 1.82) is 0 Å². The summed E-state index contributed by atoms with van der Waals surface area (Å²) in [5, 5.41) is 0. The molecule has 18 heavy (non-hydrogen) atoms. The number of hydrogen-bond acceptors (Lipinski definition) is 4. The maximum absolute atomic E-state index is 6.02. The molecule has 0 bridgehead atoms. The summed E-state index contributed by atoms with van der Waals surface area (Å²) < 4.78 is 17.5. The molecule has 98 valence electrons. The molecule has 0 amide bonds. The lowest BCUT2D eigenvalue weighted by molar-refractivity contribution is -0.248. The Morgan fingerprint density at radius 3 is 2.94 bits per heavy atom. The minimum Gasteiger partial charge on any atom is -0.491 e. The molecule has 0 N–H and O–H groups in total. The van der Waals surface area contributed by atoms with Crippen LogP contribution in [0, 0.1) is 0 Å². The fourth-order valence-electron chi connectivity index (χ4n) is 2.66. The van der Waals surface area contributed by atoms with Gasteiger partial charge >= 0.3 is 0 Å². The summed E-state index contributed by atoms with van der Waals surface area (Å²) in [6.07, 6.45) is 0.944. The summed E-state index contributed by atoms with van der Waals surface area (Å²) in [5.74, 6) is 0.407. The number of nitrogens with zero attached hydrogens (tertiary/aromatic N) is 1. The van der Waals surface area contributed by atoms with Crippen LogP contribution in [0.25, 0.3) is 0 Å². The molecule has 0 aromatic heterocycles. The lowest BCUT2D eigenvalue weighted by Crippen LogP contribution is -2.39. The Labute approximate surface area is 107 Å². The number of hydrogen-bond donors (Lipinski definition) is 0. The van der Waals surface area contributed by atoms with E-state index in [2.05, 4.69) is 11.8 Å². The number of para-hydroxylation sites is 1. The predicted octanol–water partition coefficient (Wildman–Crippen LogP) is 1.86. The fraction of sp³-hybridized carbons (Fsp3) is 0.571. The van der Waals surface area contributed by atoms with Gasteiger partial charge in [0, 0.05) is 19.5 Å². The zero-order valence-corrected chi connectivity index (χ0v) is 10.7. The van der Waals surface area contributed by atoms with Gasteiger partial charge in [0.15, 0.2) is 0 Å². The van der Waals surface area contributed by atoms with E-state index in [4.69, 9.17) is 14.2 Å². The second-order valence-corrected chi connectivity index (χ2v) is 4.72. The van der Waals surface area contributed by atoms with Crippen LogP contribution >= 0.6 is 0 Å². The number of rotatable bonds is 4. The second kappa shape index (κ2) is 4.88. The molecule has 4 nitrogen and oxygen atoms in total. The SMILES string of the molecule is CCC12OCCN1CC(COc1ccccc1)O2. The average Bonchev–Trinajstić information content (AvgIpc) is 2.94. The molecule has 0 spiro atoms. The van der Waals surface area contributed by atoms with Gasteiger partial charge in [-0.1, -0.05) is 25.1 Å². The number of ether oxygens (including phenoxy) is 3. The second-order valence-electron chi connectivity index (χ2n) is 4.72. The standard InChI is InChI=1S/C14H19NO3/c1-2-14-15(8-9-17-14)10-13(18-14)11-16-12-6-4-3-5-7-12/h3-7,13H,2,8-11H2,1H3. The first-order valence-corrected chi connectivity index (χ1v) is 6.57. The van der Waals surface area contributed by atoms with E-state index < -0.39 is 5.91 Å². The molecule has 0 aliphatic carbocycles. The Bertz CT molecular complexity index is 397. The van der Waals surface area contributed by atoms with Gasteiger partial charge < -0.3 is 14.2 Å². The normalized spacial score (nSPS) is 31.5. The summed E-state index contributed by atoms with van der Waals surface area (Å²) in [6, 6.07) is 9.85. The van der Waals surface area contributed by atoms with Crippen LogP contribution in [-0.2, 0) is 9.47 Å². The zero-order valence-electron chi connectivity index (χ0n) is 10.7. The maximum Gasteiger partial charge on any atom is 0.230 e. The van der Waals surface area contributed by atoms with Crippen LogP contribution in [0.1, 0.15) is 13.3 Å². The van der Waals surface area contributed by atoms with Gasteiger partial charge in [0.1, 0.15) is 18.5 Å². The van der Waals surface area contributed by atoms with Gasteiger partial charge in [0.25, 0.3) is 0 Å². The van der Waals surface area contributed by atoms with Gasteiger partial charge in [-0.05, 0) is 12.1 Å². The summed E-state index contributed by atoms with van der Waals surface area (Å²) >= 11 is 0. The van der Waals surface area contributed by atoms with Gasteiger partial charge in [-0.15, -0.1) is 0 Å². The highest BCUT2D eigenvalue weighted by Crippen LogP contribution is 2.35. The summed E-state index contributed by atoms with van der Waals surface area (Å²) in [7, 11) is 0. The molecule has 2 atom stereocenters. The molecule has 1 aromatic carbocycles. The van der Waals surface area contributed by atoms with Crippen molar-refractivity contribution in [2.24, 2.45) is 0 Å². The van der Waals surface area contributed by atoms with Crippen LogP contribution in [0.3, 0.4) is 0 Å². The van der Waals surface area contributed by atoms with Gasteiger partial charge in [-0.3, -0.25) is 0 Å². The summed E-state index contributed by atoms with van der Waals surface area (Å²) in [6.45, 7) is 5.28. The first kappa shape index (κ1) is 12.0. The minimum atomic E-state index is -0.481. The molecule has 1 aromatic rings. The molecule has 4 heteroatoms. The van der Waals surface area contributed by atoms with Crippen molar-refractivity contribution in [3.8, 4) is 5.75 Å². The van der Waals surface area contributed by atoms with E-state index >= 15 is 0 Å². The fourth-order valence-corrected chi connectivity index (χ4v) is 2.66. The van der Waals surface area contributed by atoms with Crippen LogP contribution < -0.4 is 4.74 Å². The molecule has 2 unspecified atom stereocenters. The number of fused-ring (bicyclic) bond motifs is 1. The van der Waals surface area contributed by atoms with E-state index in [1.165, 1.54) is 0 Å². The van der Waals surface area contributed by atoms with Crippen LogP contribution in [0.4, 0.5) is 0 Å². The van der Waals surface area contributed by atoms with E-state index in [9.17, 15) is 0 Å². The van der Waals surface area contributed by atoms with Gasteiger partial charge in [0.05, 0.1) is 6.61 Å². The third kappa shape index (κ3) is 2.11. The van der Waals surface area contributed by atoms with Crippen LogP contribution in [0.5, 0.6) is 5.75 Å². The zero-order chi connectivity index (χ0) is 12.4. The summed E-state index contributed by atoms with van der Waals surface area (Å²) in [5.41, 5.74) is 0. The van der Waals surface area contributed by atoms with E-state index in [1.807, 2.05) is 30.3 Å². The van der Waals surface area contributed by atoms with Crippen molar-refractivity contribution >= 4 is 0 Å². The van der Waals surface area contributed by atoms with E-state index in [1.54, 1.807) is 0 Å². The molecule has 0 saturated carbocycles. The Morgan fingerprint density at radius 2 is 2.22 bits per heavy atom. The molecular weight excluding hydrogens is 230 g/mol. The number of benzene rings is 1. The molecule has 0 radical (unpaired) electrons. The molecule has 2 aliphatic heterocycles. The van der Waals surface area contributed by atoms with E-state index in [0.29, 0.717) is 6.61 Å². The highest BCUT2D eigenvalue weighted by Gasteiger charge is 2.50. The van der Waals surface area contributed by atoms with Crippen molar-refractivity contribution in [2.75, 3.05) is 26.3 Å². The highest BCUT2D eigenvalue weighted by molar-refractivity contribution is 5.20. The third-order valence-corrected chi connectivity index (χ3v) is 3.57. The van der Waals surface area contributed by atoms with E-state index in [-0.39, 0.29) is 6.10 Å². The predicted molar refractivity (Wildman–Crippen MR) is 67.4 cm³/mol. The Balaban J connectivity index is 1.57. The highest BCUT2D eigenvalue weighted by atomic mass is 16.7. The van der Waals surface area contributed by atoms with Crippen molar-refractivity contribution in [3.63, 3.8) is 0 Å². The van der Waals surface area contributed by atoms with Crippen LogP contribution in [-0.4, -0.2) is 43.2 Å². The Hall–Kier alpha value is -1.10. The monoisotopic (exact) mass is 249 g/mol. The van der Waals surface area contributed by atoms with E-state index in [0.717, 1.165) is 31.9 Å². The average molecular weight is 249 g/mol. The minimum absolute atomic E-state index is 0.0884. The molecule has 3 rings (SSSR count). The van der Waals surface area contributed by atoms with Crippen LogP contribution in [0.2, 0.25) is 0 Å². The van der Waals surface area contributed by atoms with Crippen molar-refractivity contribution in [2.45, 2.75) is 25.4 Å². The third-order valence-electron chi connectivity index (χ3n) is 3.57. The molecule has 2 saturated heterocycles.